The van der Waals surface area contributed by atoms with Gasteiger partial charge in [-0.05, 0) is 37.9 Å². The van der Waals surface area contributed by atoms with E-state index in [0.717, 1.165) is 29.1 Å². The Morgan fingerprint density at radius 2 is 1.73 bits per heavy atom. The molecule has 0 fully saturated rings. The maximum atomic E-state index is 13.3. The highest BCUT2D eigenvalue weighted by molar-refractivity contribution is 5.75. The van der Waals surface area contributed by atoms with Gasteiger partial charge in [0.25, 0.3) is 0 Å². The maximum Gasteiger partial charge on any atom is 0.320 e. The second kappa shape index (κ2) is 11.5. The number of benzene rings is 2. The van der Waals surface area contributed by atoms with Gasteiger partial charge in [0.1, 0.15) is 11.9 Å². The second-order valence-corrected chi connectivity index (χ2v) is 8.41. The molecule has 33 heavy (non-hydrogen) atoms. The van der Waals surface area contributed by atoms with Crippen molar-refractivity contribution in [3.05, 3.63) is 89.9 Å². The summed E-state index contributed by atoms with van der Waals surface area (Å²) < 4.78 is 2.17. The molecule has 1 heterocycles. The number of nitrogens with two attached hydrogens (primary N) is 1. The van der Waals surface area contributed by atoms with E-state index >= 15 is 0 Å². The standard InChI is InChI=1S/C27H35N5O/c1-5-21(2)25(32(18-12-17-28)27(33)30(3)4)26-29-24(23-15-10-7-11-16-23)20-31(26)19-22-13-8-6-9-14-22/h5-11,13-16,20,25H,12,17-19,28H2,1-4H3/t25-/m1/s1. The topological polar surface area (TPSA) is 67.4 Å². The van der Waals surface area contributed by atoms with Gasteiger partial charge in [-0.2, -0.15) is 0 Å². The molecule has 0 aliphatic carbocycles. The number of hydrogen-bond donors (Lipinski definition) is 1. The highest BCUT2D eigenvalue weighted by Gasteiger charge is 2.31. The van der Waals surface area contributed by atoms with E-state index in [4.69, 9.17) is 10.7 Å². The quantitative estimate of drug-likeness (QED) is 0.475. The fourth-order valence-electron chi connectivity index (χ4n) is 3.90. The number of amides is 2. The summed E-state index contributed by atoms with van der Waals surface area (Å²) in [5.74, 6) is 0.848. The van der Waals surface area contributed by atoms with Crippen LogP contribution in [0.3, 0.4) is 0 Å². The van der Waals surface area contributed by atoms with Crippen LogP contribution in [-0.4, -0.2) is 52.6 Å². The maximum absolute atomic E-state index is 13.3. The summed E-state index contributed by atoms with van der Waals surface area (Å²) in [5, 5.41) is 0. The Hall–Kier alpha value is -3.38. The molecule has 0 saturated carbocycles. The van der Waals surface area contributed by atoms with Gasteiger partial charge in [0, 0.05) is 38.9 Å². The largest absolute Gasteiger partial charge is 0.331 e. The normalized spacial score (nSPS) is 12.5. The summed E-state index contributed by atoms with van der Waals surface area (Å²) in [5.41, 5.74) is 10.0. The number of carbonyl (C=O) groups is 1. The van der Waals surface area contributed by atoms with Gasteiger partial charge in [-0.25, -0.2) is 9.78 Å². The molecule has 3 aromatic rings. The summed E-state index contributed by atoms with van der Waals surface area (Å²) in [6.07, 6.45) is 4.87. The minimum atomic E-state index is -0.294. The Bertz CT molecular complexity index is 1060. The van der Waals surface area contributed by atoms with E-state index in [-0.39, 0.29) is 12.1 Å². The number of carbonyl (C=O) groups excluding carboxylic acids is 1. The van der Waals surface area contributed by atoms with E-state index in [1.54, 1.807) is 19.0 Å². The zero-order valence-electron chi connectivity index (χ0n) is 20.1. The third kappa shape index (κ3) is 5.90. The van der Waals surface area contributed by atoms with E-state index in [1.165, 1.54) is 5.56 Å². The zero-order valence-corrected chi connectivity index (χ0v) is 20.1. The third-order valence-electron chi connectivity index (χ3n) is 5.75. The van der Waals surface area contributed by atoms with E-state index in [9.17, 15) is 4.79 Å². The summed E-state index contributed by atoms with van der Waals surface area (Å²) in [4.78, 5) is 21.9. The fourth-order valence-corrected chi connectivity index (χ4v) is 3.90. The van der Waals surface area contributed by atoms with E-state index in [0.29, 0.717) is 19.6 Å². The Labute approximate surface area is 197 Å². The summed E-state index contributed by atoms with van der Waals surface area (Å²) >= 11 is 0. The molecular formula is C27H35N5O. The van der Waals surface area contributed by atoms with Crippen molar-refractivity contribution >= 4 is 6.03 Å². The summed E-state index contributed by atoms with van der Waals surface area (Å²) in [6.45, 7) is 5.82. The number of hydrogen-bond acceptors (Lipinski definition) is 3. The molecular weight excluding hydrogens is 410 g/mol. The first-order valence-corrected chi connectivity index (χ1v) is 11.4. The predicted octanol–water partition coefficient (Wildman–Crippen LogP) is 4.94. The molecule has 0 aliphatic heterocycles. The molecule has 0 bridgehead atoms. The summed E-state index contributed by atoms with van der Waals surface area (Å²) in [6, 6.07) is 20.1. The first kappa shape index (κ1) is 24.3. The number of urea groups is 1. The number of nitrogens with zero attached hydrogens (tertiary/aromatic N) is 4. The van der Waals surface area contributed by atoms with Crippen LogP contribution in [0, 0.1) is 0 Å². The predicted molar refractivity (Wildman–Crippen MR) is 135 cm³/mol. The van der Waals surface area contributed by atoms with Crippen LogP contribution < -0.4 is 5.73 Å². The van der Waals surface area contributed by atoms with Gasteiger partial charge in [0.15, 0.2) is 0 Å². The molecule has 0 unspecified atom stereocenters. The molecule has 0 saturated heterocycles. The Kier molecular flexibility index (Phi) is 8.44. The lowest BCUT2D eigenvalue weighted by Crippen LogP contribution is -2.44. The van der Waals surface area contributed by atoms with Gasteiger partial charge in [0.2, 0.25) is 0 Å². The van der Waals surface area contributed by atoms with Gasteiger partial charge in [-0.15, -0.1) is 0 Å². The van der Waals surface area contributed by atoms with Crippen LogP contribution in [-0.2, 0) is 6.54 Å². The average Bonchev–Trinajstić information content (AvgIpc) is 3.25. The highest BCUT2D eigenvalue weighted by atomic mass is 16.2. The molecule has 6 nitrogen and oxygen atoms in total. The molecule has 1 atom stereocenters. The molecule has 0 radical (unpaired) electrons. The van der Waals surface area contributed by atoms with Crippen LogP contribution in [0.25, 0.3) is 11.3 Å². The third-order valence-corrected chi connectivity index (χ3v) is 5.75. The molecule has 0 spiro atoms. The van der Waals surface area contributed by atoms with E-state index in [2.05, 4.69) is 48.0 Å². The van der Waals surface area contributed by atoms with Crippen LogP contribution in [0.15, 0.2) is 78.5 Å². The molecule has 1 aromatic heterocycles. The number of aromatic nitrogens is 2. The van der Waals surface area contributed by atoms with E-state index < -0.39 is 0 Å². The minimum absolute atomic E-state index is 0.0508. The molecule has 174 valence electrons. The van der Waals surface area contributed by atoms with Crippen molar-refractivity contribution in [2.75, 3.05) is 27.2 Å². The van der Waals surface area contributed by atoms with Gasteiger partial charge in [-0.1, -0.05) is 66.7 Å². The lowest BCUT2D eigenvalue weighted by Gasteiger charge is -2.34. The average molecular weight is 446 g/mol. The van der Waals surface area contributed by atoms with Crippen molar-refractivity contribution in [1.82, 2.24) is 19.4 Å². The van der Waals surface area contributed by atoms with Crippen molar-refractivity contribution in [3.8, 4) is 11.3 Å². The van der Waals surface area contributed by atoms with Gasteiger partial charge >= 0.3 is 6.03 Å². The smallest absolute Gasteiger partial charge is 0.320 e. The van der Waals surface area contributed by atoms with Crippen LogP contribution >= 0.6 is 0 Å². The van der Waals surface area contributed by atoms with Gasteiger partial charge in [-0.3, -0.25) is 0 Å². The van der Waals surface area contributed by atoms with Crippen molar-refractivity contribution in [2.45, 2.75) is 32.9 Å². The molecule has 0 aliphatic rings. The number of allylic oxidation sites excluding steroid dienone is 1. The lowest BCUT2D eigenvalue weighted by molar-refractivity contribution is 0.153. The second-order valence-electron chi connectivity index (χ2n) is 8.41. The van der Waals surface area contributed by atoms with Crippen LogP contribution in [0.1, 0.15) is 37.7 Å². The van der Waals surface area contributed by atoms with Crippen LogP contribution in [0.4, 0.5) is 4.79 Å². The fraction of sp³-hybridized carbons (Fsp3) is 0.333. The van der Waals surface area contributed by atoms with Crippen molar-refractivity contribution in [2.24, 2.45) is 5.73 Å². The number of imidazole rings is 1. The van der Waals surface area contributed by atoms with Crippen molar-refractivity contribution in [3.63, 3.8) is 0 Å². The van der Waals surface area contributed by atoms with Crippen LogP contribution in [0.5, 0.6) is 0 Å². The monoisotopic (exact) mass is 445 g/mol. The highest BCUT2D eigenvalue weighted by Crippen LogP contribution is 2.32. The first-order valence-electron chi connectivity index (χ1n) is 11.4. The van der Waals surface area contributed by atoms with Crippen molar-refractivity contribution in [1.29, 1.82) is 0 Å². The molecule has 3 rings (SSSR count). The Morgan fingerprint density at radius 1 is 1.09 bits per heavy atom. The number of rotatable bonds is 9. The van der Waals surface area contributed by atoms with Crippen molar-refractivity contribution < 1.29 is 4.79 Å². The molecule has 2 N–H and O–H groups in total. The van der Waals surface area contributed by atoms with Gasteiger partial charge in [0.05, 0.1) is 5.69 Å². The molecule has 2 amide bonds. The Balaban J connectivity index is 2.16. The molecule has 6 heteroatoms. The van der Waals surface area contributed by atoms with Crippen LogP contribution in [0.2, 0.25) is 0 Å². The summed E-state index contributed by atoms with van der Waals surface area (Å²) in [7, 11) is 3.57. The Morgan fingerprint density at radius 3 is 2.30 bits per heavy atom. The lowest BCUT2D eigenvalue weighted by atomic mass is 10.1. The zero-order chi connectivity index (χ0) is 23.8. The molecule has 2 aromatic carbocycles. The van der Waals surface area contributed by atoms with Gasteiger partial charge < -0.3 is 20.1 Å². The SMILES string of the molecule is CC=C(C)[C@H](c1nc(-c2ccccc2)cn1Cc1ccccc1)N(CCCN)C(=O)N(C)C. The minimum Gasteiger partial charge on any atom is -0.331 e. The first-order chi connectivity index (χ1) is 16.0. The van der Waals surface area contributed by atoms with E-state index in [1.807, 2.05) is 48.2 Å².